The summed E-state index contributed by atoms with van der Waals surface area (Å²) < 4.78 is 3.80. The molecule has 1 aromatic heterocycles. The summed E-state index contributed by atoms with van der Waals surface area (Å²) in [4.78, 5) is 12.7. The molecule has 1 N–H and O–H groups in total. The van der Waals surface area contributed by atoms with Gasteiger partial charge in [-0.3, -0.25) is 4.79 Å². The number of carbonyl (C=O) groups excluding carboxylic acids is 1. The van der Waals surface area contributed by atoms with Crippen LogP contribution in [0, 0.1) is 11.3 Å². The van der Waals surface area contributed by atoms with Crippen molar-refractivity contribution in [3.05, 3.63) is 10.6 Å². The molecule has 0 bridgehead atoms. The Balaban J connectivity index is 2.13. The molecular weight excluding hydrogens is 248 g/mol. The van der Waals surface area contributed by atoms with Gasteiger partial charge in [0, 0.05) is 0 Å². The Morgan fingerprint density at radius 2 is 2.22 bits per heavy atom. The third kappa shape index (κ3) is 2.51. The molecule has 1 saturated carbocycles. The number of carbonyl (C=O) groups is 1. The van der Waals surface area contributed by atoms with Gasteiger partial charge in [0.05, 0.1) is 11.8 Å². The summed E-state index contributed by atoms with van der Waals surface area (Å²) >= 11 is 1.10. The summed E-state index contributed by atoms with van der Waals surface area (Å²) in [6.45, 7) is 1.94. The minimum Gasteiger partial charge on any atom is -0.333 e. The van der Waals surface area contributed by atoms with Crippen molar-refractivity contribution < 1.29 is 4.79 Å². The molecule has 0 radical (unpaired) electrons. The van der Waals surface area contributed by atoms with Gasteiger partial charge in [0.1, 0.15) is 10.4 Å². The Labute approximate surface area is 110 Å². The van der Waals surface area contributed by atoms with Gasteiger partial charge >= 0.3 is 0 Å². The topological polar surface area (TPSA) is 78.7 Å². The minimum atomic E-state index is -0.690. The molecule has 1 aliphatic carbocycles. The zero-order valence-corrected chi connectivity index (χ0v) is 11.2. The first-order chi connectivity index (χ1) is 8.71. The SMILES string of the molecule is CCc1nnsc1C(=O)NC1(C#N)CCCCC1. The zero-order chi connectivity index (χ0) is 13.0. The summed E-state index contributed by atoms with van der Waals surface area (Å²) in [7, 11) is 0. The van der Waals surface area contributed by atoms with Crippen molar-refractivity contribution in [2.24, 2.45) is 0 Å². The Morgan fingerprint density at radius 1 is 1.50 bits per heavy atom. The molecule has 1 fully saturated rings. The van der Waals surface area contributed by atoms with E-state index in [1.807, 2.05) is 6.92 Å². The van der Waals surface area contributed by atoms with Crippen LogP contribution in [-0.2, 0) is 6.42 Å². The van der Waals surface area contributed by atoms with Crippen LogP contribution in [0.3, 0.4) is 0 Å². The summed E-state index contributed by atoms with van der Waals surface area (Å²) in [5.41, 5.74) is 0.0195. The Kier molecular flexibility index (Phi) is 3.92. The maximum Gasteiger partial charge on any atom is 0.266 e. The standard InChI is InChI=1S/C12H16N4OS/c1-2-9-10(18-16-15-9)11(17)14-12(8-13)6-4-3-5-7-12/h2-7H2,1H3,(H,14,17). The first-order valence-corrected chi connectivity index (χ1v) is 7.03. The first-order valence-electron chi connectivity index (χ1n) is 6.26. The van der Waals surface area contributed by atoms with Crippen LogP contribution < -0.4 is 5.32 Å². The Morgan fingerprint density at radius 3 is 2.83 bits per heavy atom. The van der Waals surface area contributed by atoms with Crippen LogP contribution in [0.1, 0.15) is 54.4 Å². The van der Waals surface area contributed by atoms with Gasteiger partial charge in [-0.15, -0.1) is 5.10 Å². The lowest BCUT2D eigenvalue weighted by atomic mass is 9.83. The number of aromatic nitrogens is 2. The van der Waals surface area contributed by atoms with Crippen molar-refractivity contribution in [2.75, 3.05) is 0 Å². The fourth-order valence-corrected chi connectivity index (χ4v) is 2.95. The van der Waals surface area contributed by atoms with Gasteiger partial charge < -0.3 is 5.32 Å². The molecule has 0 atom stereocenters. The van der Waals surface area contributed by atoms with Crippen LogP contribution in [-0.4, -0.2) is 21.0 Å². The van der Waals surface area contributed by atoms with Crippen LogP contribution in [0.15, 0.2) is 0 Å². The molecule has 1 heterocycles. The second-order valence-electron chi connectivity index (χ2n) is 4.61. The van der Waals surface area contributed by atoms with Gasteiger partial charge in [-0.2, -0.15) is 5.26 Å². The van der Waals surface area contributed by atoms with Crippen molar-refractivity contribution in [1.82, 2.24) is 14.9 Å². The van der Waals surface area contributed by atoms with Crippen LogP contribution in [0.4, 0.5) is 0 Å². The number of rotatable bonds is 3. The highest BCUT2D eigenvalue weighted by atomic mass is 32.1. The second-order valence-corrected chi connectivity index (χ2v) is 5.37. The van der Waals surface area contributed by atoms with Gasteiger partial charge in [-0.25, -0.2) is 0 Å². The molecule has 0 unspecified atom stereocenters. The molecule has 0 aromatic carbocycles. The number of nitriles is 1. The minimum absolute atomic E-state index is 0.203. The third-order valence-corrected chi connectivity index (χ3v) is 4.14. The molecule has 2 rings (SSSR count). The normalized spacial score (nSPS) is 18.0. The Bertz CT molecular complexity index is 471. The monoisotopic (exact) mass is 264 g/mol. The van der Waals surface area contributed by atoms with Crippen molar-refractivity contribution in [1.29, 1.82) is 5.26 Å². The molecule has 96 valence electrons. The fourth-order valence-electron chi connectivity index (χ4n) is 2.31. The van der Waals surface area contributed by atoms with Crippen molar-refractivity contribution in [3.63, 3.8) is 0 Å². The van der Waals surface area contributed by atoms with Gasteiger partial charge in [0.15, 0.2) is 0 Å². The highest BCUT2D eigenvalue weighted by Crippen LogP contribution is 2.28. The number of aryl methyl sites for hydroxylation is 1. The molecule has 0 aliphatic heterocycles. The van der Waals surface area contributed by atoms with E-state index in [9.17, 15) is 10.1 Å². The number of nitrogens with one attached hydrogen (secondary N) is 1. The average Bonchev–Trinajstić information content (AvgIpc) is 2.88. The van der Waals surface area contributed by atoms with E-state index in [-0.39, 0.29) is 5.91 Å². The van der Waals surface area contributed by atoms with Crippen molar-refractivity contribution >= 4 is 17.4 Å². The average molecular weight is 264 g/mol. The van der Waals surface area contributed by atoms with Gasteiger partial charge in [-0.05, 0) is 30.8 Å². The number of hydrogen-bond acceptors (Lipinski definition) is 5. The van der Waals surface area contributed by atoms with Crippen LogP contribution in [0.25, 0.3) is 0 Å². The lowest BCUT2D eigenvalue weighted by Crippen LogP contribution is -2.48. The quantitative estimate of drug-likeness (QED) is 0.906. The molecular formula is C12H16N4OS. The van der Waals surface area contributed by atoms with Crippen LogP contribution >= 0.6 is 11.5 Å². The zero-order valence-electron chi connectivity index (χ0n) is 10.4. The van der Waals surface area contributed by atoms with E-state index in [2.05, 4.69) is 21.0 Å². The van der Waals surface area contributed by atoms with Gasteiger partial charge in [0.2, 0.25) is 0 Å². The molecule has 1 aliphatic rings. The largest absolute Gasteiger partial charge is 0.333 e. The second kappa shape index (κ2) is 5.44. The van der Waals surface area contributed by atoms with E-state index >= 15 is 0 Å². The highest BCUT2D eigenvalue weighted by molar-refractivity contribution is 7.08. The maximum atomic E-state index is 12.2. The molecule has 5 nitrogen and oxygen atoms in total. The van der Waals surface area contributed by atoms with E-state index in [0.29, 0.717) is 17.0 Å². The summed E-state index contributed by atoms with van der Waals surface area (Å²) in [5.74, 6) is -0.203. The van der Waals surface area contributed by atoms with E-state index in [4.69, 9.17) is 0 Å². The first kappa shape index (κ1) is 13.0. The smallest absolute Gasteiger partial charge is 0.266 e. The summed E-state index contributed by atoms with van der Waals surface area (Å²) in [5, 5.41) is 16.1. The maximum absolute atomic E-state index is 12.2. The van der Waals surface area contributed by atoms with E-state index in [1.165, 1.54) is 0 Å². The predicted octanol–water partition coefficient (Wildman–Crippen LogP) is 2.06. The molecule has 0 saturated heterocycles. The third-order valence-electron chi connectivity index (χ3n) is 3.37. The summed E-state index contributed by atoms with van der Waals surface area (Å²) in [6, 6.07) is 2.28. The number of nitrogens with zero attached hydrogens (tertiary/aromatic N) is 3. The van der Waals surface area contributed by atoms with Crippen LogP contribution in [0.5, 0.6) is 0 Å². The lowest BCUT2D eigenvalue weighted by molar-refractivity contribution is 0.0906. The van der Waals surface area contributed by atoms with Crippen molar-refractivity contribution in [2.45, 2.75) is 51.0 Å². The Hall–Kier alpha value is -1.48. The van der Waals surface area contributed by atoms with E-state index in [0.717, 1.165) is 43.6 Å². The molecule has 1 aromatic rings. The number of amides is 1. The van der Waals surface area contributed by atoms with E-state index in [1.54, 1.807) is 0 Å². The molecule has 1 amide bonds. The predicted molar refractivity (Wildman–Crippen MR) is 68.2 cm³/mol. The highest BCUT2D eigenvalue weighted by Gasteiger charge is 2.34. The van der Waals surface area contributed by atoms with Gasteiger partial charge in [-0.1, -0.05) is 30.7 Å². The number of hydrogen-bond donors (Lipinski definition) is 1. The lowest BCUT2D eigenvalue weighted by Gasteiger charge is -2.31. The van der Waals surface area contributed by atoms with E-state index < -0.39 is 5.54 Å². The van der Waals surface area contributed by atoms with Gasteiger partial charge in [0.25, 0.3) is 5.91 Å². The van der Waals surface area contributed by atoms with Crippen molar-refractivity contribution in [3.8, 4) is 6.07 Å². The molecule has 6 heteroatoms. The molecule has 18 heavy (non-hydrogen) atoms. The molecule has 0 spiro atoms. The fraction of sp³-hybridized carbons (Fsp3) is 0.667. The van der Waals surface area contributed by atoms with Crippen LogP contribution in [0.2, 0.25) is 0 Å². The summed E-state index contributed by atoms with van der Waals surface area (Å²) in [6.07, 6.45) is 5.29.